The number of hydrogen-bond donors (Lipinski definition) is 3. The Morgan fingerprint density at radius 3 is 2.48 bits per heavy atom. The van der Waals surface area contributed by atoms with Gasteiger partial charge in [-0.25, -0.2) is 0 Å². The van der Waals surface area contributed by atoms with Gasteiger partial charge in [-0.1, -0.05) is 36.4 Å². The molecule has 0 saturated carbocycles. The van der Waals surface area contributed by atoms with E-state index >= 15 is 0 Å². The molecule has 0 aliphatic carbocycles. The largest absolute Gasteiger partial charge is 0.352 e. The molecule has 2 aromatic rings. The van der Waals surface area contributed by atoms with Gasteiger partial charge in [0.2, 0.25) is 5.91 Å². The van der Waals surface area contributed by atoms with Gasteiger partial charge in [-0.3, -0.25) is 9.59 Å². The van der Waals surface area contributed by atoms with E-state index in [2.05, 4.69) is 10.6 Å². The summed E-state index contributed by atoms with van der Waals surface area (Å²) in [7, 11) is 0. The van der Waals surface area contributed by atoms with E-state index < -0.39 is 6.04 Å². The van der Waals surface area contributed by atoms with E-state index in [1.165, 1.54) is 11.3 Å². The second kappa shape index (κ2) is 9.29. The van der Waals surface area contributed by atoms with Crippen LogP contribution in [0.1, 0.15) is 28.2 Å². The molecule has 124 valence electrons. The molecule has 23 heavy (non-hydrogen) atoms. The zero-order valence-corrected chi connectivity index (χ0v) is 14.3. The molecule has 2 unspecified atom stereocenters. The van der Waals surface area contributed by atoms with Crippen LogP contribution in [0.4, 0.5) is 0 Å². The maximum absolute atomic E-state index is 12.0. The number of carbonyl (C=O) groups excluding carboxylic acids is 2. The van der Waals surface area contributed by atoms with Crippen LogP contribution in [0.25, 0.3) is 0 Å². The van der Waals surface area contributed by atoms with Crippen LogP contribution in [0.3, 0.4) is 0 Å². The fraction of sp³-hybridized carbons (Fsp3) is 0.250. The van der Waals surface area contributed by atoms with E-state index in [0.717, 1.165) is 5.56 Å². The summed E-state index contributed by atoms with van der Waals surface area (Å²) in [6.07, 6.45) is 0. The zero-order valence-electron chi connectivity index (χ0n) is 12.7. The van der Waals surface area contributed by atoms with Crippen molar-refractivity contribution in [1.29, 1.82) is 0 Å². The van der Waals surface area contributed by atoms with E-state index in [1.807, 2.05) is 35.7 Å². The third-order valence-corrected chi connectivity index (χ3v) is 4.08. The maximum Gasteiger partial charge on any atom is 0.261 e. The first-order chi connectivity index (χ1) is 10.6. The van der Waals surface area contributed by atoms with E-state index in [-0.39, 0.29) is 30.3 Å². The summed E-state index contributed by atoms with van der Waals surface area (Å²) in [6.45, 7) is 1.97. The fourth-order valence-electron chi connectivity index (χ4n) is 1.92. The molecule has 0 bridgehead atoms. The molecule has 2 rings (SSSR count). The van der Waals surface area contributed by atoms with Crippen molar-refractivity contribution in [2.45, 2.75) is 19.0 Å². The Morgan fingerprint density at radius 1 is 1.17 bits per heavy atom. The summed E-state index contributed by atoms with van der Waals surface area (Å²) in [5, 5.41) is 7.24. The molecule has 2 amide bonds. The van der Waals surface area contributed by atoms with Crippen molar-refractivity contribution in [1.82, 2.24) is 10.6 Å². The molecule has 7 heteroatoms. The van der Waals surface area contributed by atoms with Crippen LogP contribution < -0.4 is 16.4 Å². The van der Waals surface area contributed by atoms with E-state index in [1.54, 1.807) is 19.1 Å². The smallest absolute Gasteiger partial charge is 0.261 e. The van der Waals surface area contributed by atoms with E-state index in [9.17, 15) is 9.59 Å². The highest BCUT2D eigenvalue weighted by Gasteiger charge is 2.17. The molecule has 5 nitrogen and oxygen atoms in total. The van der Waals surface area contributed by atoms with Crippen LogP contribution in [0.15, 0.2) is 47.8 Å². The van der Waals surface area contributed by atoms with Crippen molar-refractivity contribution in [2.75, 3.05) is 6.54 Å². The summed E-state index contributed by atoms with van der Waals surface area (Å²) < 4.78 is 0. The van der Waals surface area contributed by atoms with Gasteiger partial charge in [-0.15, -0.1) is 23.7 Å². The topological polar surface area (TPSA) is 84.2 Å². The monoisotopic (exact) mass is 353 g/mol. The molecule has 1 heterocycles. The van der Waals surface area contributed by atoms with Gasteiger partial charge in [0, 0.05) is 12.6 Å². The molecular formula is C16H20ClN3O2S. The Labute approximate surface area is 145 Å². The molecule has 0 aliphatic heterocycles. The lowest BCUT2D eigenvalue weighted by molar-refractivity contribution is -0.122. The number of nitrogens with one attached hydrogen (secondary N) is 2. The standard InChI is InChI=1S/C16H19N3O2S.ClH/c1-11(19-16(21)14-8-5-9-22-14)15(20)18-10-13(17)12-6-3-2-4-7-12;/h2-9,11,13H,10,17H2,1H3,(H,18,20)(H,19,21);1H. The van der Waals surface area contributed by atoms with Crippen molar-refractivity contribution < 1.29 is 9.59 Å². The normalized spacial score (nSPS) is 12.6. The van der Waals surface area contributed by atoms with Crippen molar-refractivity contribution in [3.63, 3.8) is 0 Å². The summed E-state index contributed by atoms with van der Waals surface area (Å²) in [5.41, 5.74) is 6.98. The minimum Gasteiger partial charge on any atom is -0.352 e. The summed E-state index contributed by atoms with van der Waals surface area (Å²) in [5.74, 6) is -0.499. The molecule has 1 aromatic heterocycles. The Balaban J connectivity index is 0.00000264. The van der Waals surface area contributed by atoms with E-state index in [0.29, 0.717) is 11.4 Å². The maximum atomic E-state index is 12.0. The zero-order chi connectivity index (χ0) is 15.9. The van der Waals surface area contributed by atoms with Crippen LogP contribution in [0.5, 0.6) is 0 Å². The first kappa shape index (κ1) is 19.2. The van der Waals surface area contributed by atoms with Gasteiger partial charge in [-0.2, -0.15) is 0 Å². The second-order valence-electron chi connectivity index (χ2n) is 4.93. The minimum atomic E-state index is -0.613. The van der Waals surface area contributed by atoms with Gasteiger partial charge in [0.15, 0.2) is 0 Å². The van der Waals surface area contributed by atoms with Crippen molar-refractivity contribution in [2.24, 2.45) is 5.73 Å². The number of hydrogen-bond acceptors (Lipinski definition) is 4. The van der Waals surface area contributed by atoms with Crippen LogP contribution in [-0.4, -0.2) is 24.4 Å². The third kappa shape index (κ3) is 5.67. The minimum absolute atomic E-state index is 0. The molecular weight excluding hydrogens is 334 g/mol. The quantitative estimate of drug-likeness (QED) is 0.743. The van der Waals surface area contributed by atoms with E-state index in [4.69, 9.17) is 5.73 Å². The van der Waals surface area contributed by atoms with Crippen LogP contribution in [0.2, 0.25) is 0 Å². The lowest BCUT2D eigenvalue weighted by atomic mass is 10.1. The lowest BCUT2D eigenvalue weighted by Gasteiger charge is -2.17. The highest BCUT2D eigenvalue weighted by atomic mass is 35.5. The summed E-state index contributed by atoms with van der Waals surface area (Å²) in [6, 6.07) is 12.2. The van der Waals surface area contributed by atoms with Crippen LogP contribution in [0, 0.1) is 0 Å². The number of nitrogens with two attached hydrogens (primary N) is 1. The number of halogens is 1. The molecule has 4 N–H and O–H groups in total. The third-order valence-electron chi connectivity index (χ3n) is 3.21. The Bertz CT molecular complexity index is 620. The Kier molecular flexibility index (Phi) is 7.74. The summed E-state index contributed by atoms with van der Waals surface area (Å²) >= 11 is 1.34. The molecule has 0 aliphatic rings. The first-order valence-corrected chi connectivity index (χ1v) is 7.88. The predicted molar refractivity (Wildman–Crippen MR) is 94.9 cm³/mol. The molecule has 2 atom stereocenters. The van der Waals surface area contributed by atoms with Gasteiger partial charge >= 0.3 is 0 Å². The van der Waals surface area contributed by atoms with Gasteiger partial charge in [0.25, 0.3) is 5.91 Å². The number of rotatable bonds is 6. The van der Waals surface area contributed by atoms with Crippen molar-refractivity contribution in [3.8, 4) is 0 Å². The Morgan fingerprint density at radius 2 is 1.87 bits per heavy atom. The molecule has 0 radical (unpaired) electrons. The van der Waals surface area contributed by atoms with Crippen LogP contribution >= 0.6 is 23.7 Å². The average Bonchev–Trinajstić information content (AvgIpc) is 3.07. The fourth-order valence-corrected chi connectivity index (χ4v) is 2.55. The van der Waals surface area contributed by atoms with Gasteiger partial charge in [-0.05, 0) is 23.9 Å². The molecule has 1 aromatic carbocycles. The summed E-state index contributed by atoms with van der Waals surface area (Å²) in [4.78, 5) is 24.5. The van der Waals surface area contributed by atoms with Crippen LogP contribution in [-0.2, 0) is 4.79 Å². The number of carbonyl (C=O) groups is 2. The second-order valence-corrected chi connectivity index (χ2v) is 5.88. The number of benzene rings is 1. The number of thiophene rings is 1. The van der Waals surface area contributed by atoms with Crippen molar-refractivity contribution in [3.05, 3.63) is 58.3 Å². The Hall–Kier alpha value is -1.89. The van der Waals surface area contributed by atoms with Gasteiger partial charge < -0.3 is 16.4 Å². The molecule has 0 spiro atoms. The SMILES string of the molecule is CC(NC(=O)c1cccs1)C(=O)NCC(N)c1ccccc1.Cl. The van der Waals surface area contributed by atoms with Gasteiger partial charge in [0.05, 0.1) is 4.88 Å². The average molecular weight is 354 g/mol. The first-order valence-electron chi connectivity index (χ1n) is 7.00. The van der Waals surface area contributed by atoms with Crippen molar-refractivity contribution >= 4 is 35.6 Å². The highest BCUT2D eigenvalue weighted by Crippen LogP contribution is 2.09. The lowest BCUT2D eigenvalue weighted by Crippen LogP contribution is -2.46. The highest BCUT2D eigenvalue weighted by molar-refractivity contribution is 7.12. The molecule has 0 saturated heterocycles. The molecule has 0 fully saturated rings. The predicted octanol–water partition coefficient (Wildman–Crippen LogP) is 2.10. The number of amides is 2. The van der Waals surface area contributed by atoms with Gasteiger partial charge in [0.1, 0.15) is 6.04 Å².